The molecule has 0 aromatic carbocycles. The van der Waals surface area contributed by atoms with Crippen molar-refractivity contribution in [2.75, 3.05) is 132 Å². The second-order valence-electron chi connectivity index (χ2n) is 10.0. The summed E-state index contributed by atoms with van der Waals surface area (Å²) < 4.78 is 56.6. The van der Waals surface area contributed by atoms with Crippen molar-refractivity contribution in [2.24, 2.45) is 0 Å². The van der Waals surface area contributed by atoms with Gasteiger partial charge in [0.2, 0.25) is 0 Å². The zero-order chi connectivity index (χ0) is 40.1. The molecule has 6 unspecified atom stereocenters. The van der Waals surface area contributed by atoms with E-state index >= 15 is 0 Å². The Morgan fingerprint density at radius 1 is 0.273 bits per heavy atom. The zero-order valence-electron chi connectivity index (χ0n) is 32.4. The largest absolute Gasteiger partial charge is 0.553 e. The van der Waals surface area contributed by atoms with Crippen molar-refractivity contribution < 1.29 is 97.7 Å². The SMILES string of the molecule is [CH2-]OCC(O)COCCO.[CH2-]OCC(O)COCCO.[CH2-]OCC(O)COCCOCC(O)CO[CH2-].[CH2-]OCC(O)COCCOCC(O)CO[CH2-].[Rf].[Rf].[Rf]. The Bertz CT molecular complexity index is 549. The van der Waals surface area contributed by atoms with Gasteiger partial charge in [-0.3, -0.25) is 0 Å². The molecule has 0 aliphatic carbocycles. The minimum atomic E-state index is -0.678. The molecule has 55 heavy (non-hydrogen) atoms. The molecule has 326 valence electrons. The van der Waals surface area contributed by atoms with Gasteiger partial charge in [-0.15, -0.1) is 0 Å². The van der Waals surface area contributed by atoms with E-state index < -0.39 is 36.6 Å². The average molecular weight is 1570 g/mol. The molecule has 0 saturated heterocycles. The van der Waals surface area contributed by atoms with Gasteiger partial charge in [0, 0.05) is 39.6 Å². The van der Waals surface area contributed by atoms with Crippen LogP contribution in [-0.4, -0.2) is 210 Å². The third kappa shape index (κ3) is 65.5. The molecule has 20 nitrogen and oxygen atoms in total. The van der Waals surface area contributed by atoms with Gasteiger partial charge < -0.3 is 97.7 Å². The normalized spacial score (nSPS) is 13.6. The first kappa shape index (κ1) is 66.0. The third-order valence-corrected chi connectivity index (χ3v) is 4.94. The van der Waals surface area contributed by atoms with Gasteiger partial charge in [0.05, 0.1) is 129 Å². The second-order valence-corrected chi connectivity index (χ2v) is 10.0. The Labute approximate surface area is 309 Å². The molecule has 0 fully saturated rings. The number of hydrogen-bond donors (Lipinski definition) is 8. The second kappa shape index (κ2) is 56.9. The quantitative estimate of drug-likeness (QED) is 0.0236. The fraction of sp³-hybridized carbons (Fsp3) is 0.812. The van der Waals surface area contributed by atoms with Gasteiger partial charge >= 0.3 is 0 Å². The van der Waals surface area contributed by atoms with Crippen LogP contribution in [-0.2, 0) is 56.8 Å². The molecule has 0 heterocycles. The summed E-state index contributed by atoms with van der Waals surface area (Å²) in [6, 6.07) is 0. The van der Waals surface area contributed by atoms with Crippen LogP contribution in [0.25, 0.3) is 0 Å². The van der Waals surface area contributed by atoms with Gasteiger partial charge in [0.15, 0.2) is 0 Å². The van der Waals surface area contributed by atoms with E-state index in [1.807, 2.05) is 0 Å². The van der Waals surface area contributed by atoms with Gasteiger partial charge in [0.1, 0.15) is 0 Å². The maximum Gasteiger partial charge on any atom is 0.0976 e. The summed E-state index contributed by atoms with van der Waals surface area (Å²) in [5.74, 6) is 0. The van der Waals surface area contributed by atoms with Crippen molar-refractivity contribution in [1.29, 1.82) is 0 Å². The number of ether oxygens (including phenoxy) is 12. The van der Waals surface area contributed by atoms with E-state index in [2.05, 4.69) is 71.1 Å². The Balaban J connectivity index is -0.000000112. The molecule has 0 saturated carbocycles. The summed E-state index contributed by atoms with van der Waals surface area (Å²) in [5, 5.41) is 71.0. The summed E-state index contributed by atoms with van der Waals surface area (Å²) in [6.45, 7) is 3.69. The van der Waals surface area contributed by atoms with Crippen molar-refractivity contribution in [1.82, 2.24) is 0 Å². The van der Waals surface area contributed by atoms with Crippen molar-refractivity contribution in [3.8, 4) is 0 Å². The number of aliphatic hydroxyl groups is 8. The first-order valence-corrected chi connectivity index (χ1v) is 16.0. The van der Waals surface area contributed by atoms with Gasteiger partial charge in [-0.1, -0.05) is 0 Å². The average Bonchev–Trinajstić information content (AvgIpc) is 3.10. The van der Waals surface area contributed by atoms with Crippen LogP contribution in [0.2, 0.25) is 0 Å². The van der Waals surface area contributed by atoms with Crippen LogP contribution in [0.4, 0.5) is 0 Å². The van der Waals surface area contributed by atoms with Gasteiger partial charge in [-0.25, -0.2) is 42.7 Å². The first-order chi connectivity index (χ1) is 25.0. The minimum Gasteiger partial charge on any atom is -0.553 e. The van der Waals surface area contributed by atoms with Crippen molar-refractivity contribution >= 4 is 0 Å². The number of aliphatic hydroxyl groups excluding tert-OH is 8. The van der Waals surface area contributed by atoms with Gasteiger partial charge in [0.25, 0.3) is 0 Å². The zero-order valence-corrected chi connectivity index (χ0v) is 51.6. The van der Waals surface area contributed by atoms with E-state index in [1.165, 1.54) is 0 Å². The summed E-state index contributed by atoms with van der Waals surface area (Å²) in [4.78, 5) is 0. The van der Waals surface area contributed by atoms with Crippen LogP contribution in [0.5, 0.6) is 0 Å². The predicted molar refractivity (Wildman–Crippen MR) is 183 cm³/mol. The Hall–Kier alpha value is -3.80. The summed E-state index contributed by atoms with van der Waals surface area (Å²) in [5.41, 5.74) is 0. The fourth-order valence-electron chi connectivity index (χ4n) is 2.79. The fourth-order valence-corrected chi connectivity index (χ4v) is 2.79. The molecule has 0 radical (unpaired) electrons. The van der Waals surface area contributed by atoms with Crippen LogP contribution >= 0.6 is 0 Å². The van der Waals surface area contributed by atoms with E-state index in [1.54, 1.807) is 0 Å². The standard InChI is InChI=1S/2C10H20O6.2C6H13O4.3Rf/c2*1-13-5-9(11)7-15-3-4-16-8-10(12)6-14-2;2*1-9-4-6(8)5-10-3-2-7;;;/h2*9-12H,1-8H2;2*6-8H,1-5H2;;;/q2*-2;2*-1;;;. The van der Waals surface area contributed by atoms with Gasteiger partial charge in [-0.05, 0) is 0 Å². The summed E-state index contributed by atoms with van der Waals surface area (Å²) in [7, 11) is 18.7. The van der Waals surface area contributed by atoms with Crippen molar-refractivity contribution in [3.63, 3.8) is 0 Å². The molecular formula is C32H66O20Rf3-6. The molecule has 0 rings (SSSR count). The Kier molecular flexibility index (Phi) is 68.4. The number of hydrogen-bond acceptors (Lipinski definition) is 20. The molecule has 0 bridgehead atoms. The third-order valence-electron chi connectivity index (χ3n) is 4.94. The van der Waals surface area contributed by atoms with Crippen LogP contribution in [0.15, 0.2) is 0 Å². The van der Waals surface area contributed by atoms with Crippen LogP contribution in [0, 0.1) is 42.7 Å². The van der Waals surface area contributed by atoms with E-state index in [0.717, 1.165) is 0 Å². The van der Waals surface area contributed by atoms with Crippen LogP contribution in [0.3, 0.4) is 0 Å². The predicted octanol–water partition coefficient (Wildman–Crippen LogP) is -2.96. The molecule has 0 spiro atoms. The first-order valence-electron chi connectivity index (χ1n) is 16.0. The summed E-state index contributed by atoms with van der Waals surface area (Å²) >= 11 is 0. The van der Waals surface area contributed by atoms with Gasteiger partial charge in [-0.2, -0.15) is 0 Å². The monoisotopic (exact) mass is 1570 g/mol. The Morgan fingerprint density at radius 3 is 0.545 bits per heavy atom. The van der Waals surface area contributed by atoms with E-state index in [9.17, 15) is 0 Å². The molecule has 0 amide bonds. The molecule has 6 atom stereocenters. The molecule has 8 N–H and O–H groups in total. The van der Waals surface area contributed by atoms with Crippen LogP contribution in [0.1, 0.15) is 0 Å². The van der Waals surface area contributed by atoms with E-state index in [4.69, 9.17) is 69.3 Å². The molecule has 0 aromatic rings. The number of rotatable bonds is 34. The Morgan fingerprint density at radius 2 is 0.418 bits per heavy atom. The van der Waals surface area contributed by atoms with Crippen molar-refractivity contribution in [3.05, 3.63) is 42.7 Å². The maximum atomic E-state index is 9.17. The van der Waals surface area contributed by atoms with E-state index in [-0.39, 0.29) is 106 Å². The summed E-state index contributed by atoms with van der Waals surface area (Å²) in [6.07, 6.45) is -4.01. The molecule has 23 heteroatoms. The topological polar surface area (TPSA) is 273 Å². The minimum absolute atomic E-state index is 0. The molecule has 0 aliphatic heterocycles. The van der Waals surface area contributed by atoms with Crippen molar-refractivity contribution in [2.45, 2.75) is 36.6 Å². The maximum absolute atomic E-state index is 9.17. The molecule has 0 aliphatic rings. The van der Waals surface area contributed by atoms with Crippen LogP contribution < -0.4 is 0 Å². The smallest absolute Gasteiger partial charge is 0.0976 e. The molecular weight excluding hydrogens is 1510 g/mol. The molecule has 0 aromatic heterocycles. The van der Waals surface area contributed by atoms with E-state index in [0.29, 0.717) is 26.4 Å².